The normalized spacial score (nSPS) is 11.6. The zero-order chi connectivity index (χ0) is 17.5. The molecule has 2 aromatic rings. The SMILES string of the molecule is CCNC(=NCC(=O)N(C)C)NCCc1c[nH]c2c(C)cccc12. The highest BCUT2D eigenvalue weighted by molar-refractivity contribution is 5.86. The van der Waals surface area contributed by atoms with E-state index in [-0.39, 0.29) is 12.5 Å². The molecule has 1 amide bonds. The maximum absolute atomic E-state index is 11.6. The van der Waals surface area contributed by atoms with Crippen LogP contribution in [0.5, 0.6) is 0 Å². The monoisotopic (exact) mass is 329 g/mol. The second kappa shape index (κ2) is 8.38. The maximum Gasteiger partial charge on any atom is 0.243 e. The van der Waals surface area contributed by atoms with Gasteiger partial charge in [0.05, 0.1) is 0 Å². The second-order valence-corrected chi connectivity index (χ2v) is 5.97. The summed E-state index contributed by atoms with van der Waals surface area (Å²) in [5.74, 6) is 0.656. The summed E-state index contributed by atoms with van der Waals surface area (Å²) >= 11 is 0. The molecule has 1 aromatic heterocycles. The van der Waals surface area contributed by atoms with E-state index >= 15 is 0 Å². The molecule has 3 N–H and O–H groups in total. The van der Waals surface area contributed by atoms with Gasteiger partial charge in [0.2, 0.25) is 5.91 Å². The van der Waals surface area contributed by atoms with Crippen molar-refractivity contribution in [3.8, 4) is 0 Å². The third-order valence-electron chi connectivity index (χ3n) is 3.91. The van der Waals surface area contributed by atoms with Crippen molar-refractivity contribution < 1.29 is 4.79 Å². The summed E-state index contributed by atoms with van der Waals surface area (Å²) in [5.41, 5.74) is 3.73. The van der Waals surface area contributed by atoms with Crippen LogP contribution in [0.25, 0.3) is 10.9 Å². The molecule has 1 aromatic carbocycles. The molecule has 0 fully saturated rings. The van der Waals surface area contributed by atoms with Crippen LogP contribution < -0.4 is 10.6 Å². The molecule has 0 bridgehead atoms. The number of aromatic amines is 1. The van der Waals surface area contributed by atoms with Crippen LogP contribution in [0.3, 0.4) is 0 Å². The van der Waals surface area contributed by atoms with Crippen molar-refractivity contribution in [3.05, 3.63) is 35.5 Å². The highest BCUT2D eigenvalue weighted by Gasteiger charge is 2.06. The summed E-state index contributed by atoms with van der Waals surface area (Å²) < 4.78 is 0. The first-order chi connectivity index (χ1) is 11.5. The summed E-state index contributed by atoms with van der Waals surface area (Å²) in [5, 5.41) is 7.72. The van der Waals surface area contributed by atoms with E-state index < -0.39 is 0 Å². The van der Waals surface area contributed by atoms with Crippen LogP contribution >= 0.6 is 0 Å². The van der Waals surface area contributed by atoms with E-state index in [2.05, 4.69) is 51.9 Å². The fourth-order valence-corrected chi connectivity index (χ4v) is 2.52. The standard InChI is InChI=1S/C18H27N5O/c1-5-19-18(22-12-16(24)23(3)4)20-10-9-14-11-21-17-13(2)7-6-8-15(14)17/h6-8,11,21H,5,9-10,12H2,1-4H3,(H2,19,20,22). The number of para-hydroxylation sites is 1. The first-order valence-corrected chi connectivity index (χ1v) is 8.30. The number of aliphatic imine (C=N–C) groups is 1. The minimum Gasteiger partial charge on any atom is -0.361 e. The first kappa shape index (κ1) is 17.8. The minimum atomic E-state index is -0.0145. The van der Waals surface area contributed by atoms with E-state index in [9.17, 15) is 4.79 Å². The van der Waals surface area contributed by atoms with E-state index in [1.54, 1.807) is 19.0 Å². The number of rotatable bonds is 6. The molecule has 0 aliphatic heterocycles. The molecular formula is C18H27N5O. The molecule has 0 atom stereocenters. The van der Waals surface area contributed by atoms with Crippen molar-refractivity contribution in [1.29, 1.82) is 0 Å². The fourth-order valence-electron chi connectivity index (χ4n) is 2.52. The number of hydrogen-bond acceptors (Lipinski definition) is 2. The molecule has 2 rings (SSSR count). The van der Waals surface area contributed by atoms with Gasteiger partial charge < -0.3 is 20.5 Å². The number of aromatic nitrogens is 1. The number of amides is 1. The van der Waals surface area contributed by atoms with Crippen molar-refractivity contribution in [1.82, 2.24) is 20.5 Å². The molecule has 0 unspecified atom stereocenters. The van der Waals surface area contributed by atoms with Crippen LogP contribution in [-0.2, 0) is 11.2 Å². The van der Waals surface area contributed by atoms with Gasteiger partial charge in [-0.05, 0) is 31.4 Å². The number of carbonyl (C=O) groups excluding carboxylic acids is 1. The van der Waals surface area contributed by atoms with Gasteiger partial charge in [-0.1, -0.05) is 18.2 Å². The summed E-state index contributed by atoms with van der Waals surface area (Å²) in [6, 6.07) is 6.34. The topological polar surface area (TPSA) is 72.5 Å². The molecule has 0 radical (unpaired) electrons. The van der Waals surface area contributed by atoms with Crippen LogP contribution in [0.4, 0.5) is 0 Å². The Balaban J connectivity index is 1.95. The highest BCUT2D eigenvalue weighted by atomic mass is 16.2. The Bertz CT molecular complexity index is 717. The van der Waals surface area contributed by atoms with Crippen LogP contribution in [0.15, 0.2) is 29.4 Å². The van der Waals surface area contributed by atoms with Crippen molar-refractivity contribution in [2.75, 3.05) is 33.7 Å². The van der Waals surface area contributed by atoms with Crippen molar-refractivity contribution in [2.24, 2.45) is 4.99 Å². The van der Waals surface area contributed by atoms with Crippen molar-refractivity contribution >= 4 is 22.8 Å². The third kappa shape index (κ3) is 4.50. The molecule has 0 aliphatic carbocycles. The largest absolute Gasteiger partial charge is 0.361 e. The molecule has 0 aliphatic rings. The van der Waals surface area contributed by atoms with Crippen LogP contribution in [0, 0.1) is 6.92 Å². The Morgan fingerprint density at radius 2 is 2.08 bits per heavy atom. The maximum atomic E-state index is 11.6. The highest BCUT2D eigenvalue weighted by Crippen LogP contribution is 2.21. The number of fused-ring (bicyclic) bond motifs is 1. The van der Waals surface area contributed by atoms with E-state index in [1.165, 1.54) is 22.0 Å². The van der Waals surface area contributed by atoms with E-state index in [0.29, 0.717) is 5.96 Å². The Labute approximate surface area is 143 Å². The van der Waals surface area contributed by atoms with Crippen LogP contribution in [-0.4, -0.2) is 55.5 Å². The molecule has 1 heterocycles. The van der Waals surface area contributed by atoms with Gasteiger partial charge in [0.25, 0.3) is 0 Å². The average molecular weight is 329 g/mol. The Morgan fingerprint density at radius 3 is 2.79 bits per heavy atom. The van der Waals surface area contributed by atoms with Crippen molar-refractivity contribution in [2.45, 2.75) is 20.3 Å². The van der Waals surface area contributed by atoms with Gasteiger partial charge in [0, 0.05) is 44.3 Å². The number of likely N-dealkylation sites (N-methyl/N-ethyl adjacent to an activating group) is 1. The smallest absolute Gasteiger partial charge is 0.243 e. The molecule has 0 saturated carbocycles. The number of H-pyrrole nitrogens is 1. The molecule has 6 nitrogen and oxygen atoms in total. The lowest BCUT2D eigenvalue weighted by molar-refractivity contribution is -0.127. The van der Waals surface area contributed by atoms with Gasteiger partial charge in [-0.15, -0.1) is 0 Å². The van der Waals surface area contributed by atoms with E-state index in [4.69, 9.17) is 0 Å². The number of benzene rings is 1. The molecule has 0 spiro atoms. The van der Waals surface area contributed by atoms with E-state index in [1.807, 2.05) is 6.92 Å². The Kier molecular flexibility index (Phi) is 6.23. The second-order valence-electron chi connectivity index (χ2n) is 5.97. The first-order valence-electron chi connectivity index (χ1n) is 8.30. The van der Waals surface area contributed by atoms with Gasteiger partial charge in [0.1, 0.15) is 6.54 Å². The molecule has 24 heavy (non-hydrogen) atoms. The summed E-state index contributed by atoms with van der Waals surface area (Å²) in [7, 11) is 3.47. The lowest BCUT2D eigenvalue weighted by Gasteiger charge is -2.12. The number of nitrogens with one attached hydrogen (secondary N) is 3. The number of nitrogens with zero attached hydrogens (tertiary/aromatic N) is 2. The van der Waals surface area contributed by atoms with Gasteiger partial charge in [0.15, 0.2) is 5.96 Å². The molecular weight excluding hydrogens is 302 g/mol. The number of hydrogen-bond donors (Lipinski definition) is 3. The quantitative estimate of drug-likeness (QED) is 0.557. The zero-order valence-corrected chi connectivity index (χ0v) is 14.9. The predicted molar refractivity (Wildman–Crippen MR) is 99.4 cm³/mol. The third-order valence-corrected chi connectivity index (χ3v) is 3.91. The number of guanidine groups is 1. The van der Waals surface area contributed by atoms with Crippen LogP contribution in [0.2, 0.25) is 0 Å². The Morgan fingerprint density at radius 1 is 1.29 bits per heavy atom. The molecule has 6 heteroatoms. The Hall–Kier alpha value is -2.50. The predicted octanol–water partition coefficient (Wildman–Crippen LogP) is 1.66. The zero-order valence-electron chi connectivity index (χ0n) is 14.9. The van der Waals surface area contributed by atoms with Gasteiger partial charge in [-0.3, -0.25) is 4.79 Å². The average Bonchev–Trinajstić information content (AvgIpc) is 2.97. The summed E-state index contributed by atoms with van der Waals surface area (Å²) in [6.07, 6.45) is 2.95. The molecule has 0 saturated heterocycles. The van der Waals surface area contributed by atoms with Gasteiger partial charge >= 0.3 is 0 Å². The van der Waals surface area contributed by atoms with Crippen molar-refractivity contribution in [3.63, 3.8) is 0 Å². The lowest BCUT2D eigenvalue weighted by Crippen LogP contribution is -2.39. The fraction of sp³-hybridized carbons (Fsp3) is 0.444. The van der Waals surface area contributed by atoms with Gasteiger partial charge in [-0.25, -0.2) is 4.99 Å². The summed E-state index contributed by atoms with van der Waals surface area (Å²) in [4.78, 5) is 20.9. The minimum absolute atomic E-state index is 0.0145. The number of carbonyl (C=O) groups is 1. The van der Waals surface area contributed by atoms with Gasteiger partial charge in [-0.2, -0.15) is 0 Å². The van der Waals surface area contributed by atoms with E-state index in [0.717, 1.165) is 19.5 Å². The molecule has 130 valence electrons. The lowest BCUT2D eigenvalue weighted by atomic mass is 10.1. The number of aryl methyl sites for hydroxylation is 1. The summed E-state index contributed by atoms with van der Waals surface area (Å²) in [6.45, 7) is 5.78. The van der Waals surface area contributed by atoms with Crippen LogP contribution in [0.1, 0.15) is 18.1 Å².